The van der Waals surface area contributed by atoms with Crippen molar-refractivity contribution in [1.82, 2.24) is 25.6 Å². The first-order valence-electron chi connectivity index (χ1n) is 16.1. The second kappa shape index (κ2) is 13.2. The van der Waals surface area contributed by atoms with Gasteiger partial charge in [-0.15, -0.1) is 0 Å². The highest BCUT2D eigenvalue weighted by Gasteiger charge is 2.25. The van der Waals surface area contributed by atoms with E-state index in [2.05, 4.69) is 95.6 Å². The number of hydrogen-bond donors (Lipinski definition) is 2. The fourth-order valence-electron chi connectivity index (χ4n) is 5.95. The number of amidine groups is 1. The van der Waals surface area contributed by atoms with Gasteiger partial charge >= 0.3 is 0 Å². The maximum absolute atomic E-state index is 5.06. The van der Waals surface area contributed by atoms with Crippen LogP contribution in [0.3, 0.4) is 0 Å². The molecule has 0 aliphatic carbocycles. The van der Waals surface area contributed by atoms with Gasteiger partial charge in [0.1, 0.15) is 18.2 Å². The Kier molecular flexibility index (Phi) is 8.05. The van der Waals surface area contributed by atoms with Gasteiger partial charge in [-0.25, -0.2) is 19.9 Å². The van der Waals surface area contributed by atoms with Crippen molar-refractivity contribution in [3.63, 3.8) is 0 Å². The molecule has 0 bridgehead atoms. The van der Waals surface area contributed by atoms with E-state index in [-0.39, 0.29) is 12.3 Å². The Morgan fingerprint density at radius 3 is 1.42 bits per heavy atom. The summed E-state index contributed by atoms with van der Waals surface area (Å²) in [5, 5.41) is 7.38. The average Bonchev–Trinajstić information content (AvgIpc) is 3.19. The number of hydrogen-bond acceptors (Lipinski definition) is 6. The van der Waals surface area contributed by atoms with E-state index in [1.165, 1.54) is 0 Å². The van der Waals surface area contributed by atoms with Crippen LogP contribution in [0.25, 0.3) is 45.3 Å². The Balaban J connectivity index is 1.15. The van der Waals surface area contributed by atoms with E-state index in [0.29, 0.717) is 17.5 Å². The molecule has 2 N–H and O–H groups in total. The Morgan fingerprint density at radius 2 is 0.812 bits per heavy atom. The largest absolute Gasteiger partial charge is 0.350 e. The van der Waals surface area contributed by atoms with Crippen LogP contribution in [0.15, 0.2) is 175 Å². The molecule has 1 aromatic heterocycles. The lowest BCUT2D eigenvalue weighted by molar-refractivity contribution is 0.409. The first-order valence-corrected chi connectivity index (χ1v) is 16.1. The van der Waals surface area contributed by atoms with Crippen LogP contribution in [0.1, 0.15) is 29.0 Å². The van der Waals surface area contributed by atoms with E-state index < -0.39 is 0 Å². The highest BCUT2D eigenvalue weighted by molar-refractivity contribution is 5.99. The highest BCUT2D eigenvalue weighted by atomic mass is 15.3. The van der Waals surface area contributed by atoms with Gasteiger partial charge in [-0.3, -0.25) is 5.32 Å². The number of aromatic nitrogens is 3. The lowest BCUT2D eigenvalue weighted by atomic mass is 9.99. The molecule has 8 rings (SSSR count). The van der Waals surface area contributed by atoms with Gasteiger partial charge in [-0.05, 0) is 34.4 Å². The van der Waals surface area contributed by atoms with Gasteiger partial charge in [0.25, 0.3) is 0 Å². The first-order chi connectivity index (χ1) is 23.8. The number of nitrogens with zero attached hydrogens (tertiary/aromatic N) is 4. The molecule has 7 aromatic rings. The molecule has 2 heterocycles. The smallest absolute Gasteiger partial charge is 0.164 e. The summed E-state index contributed by atoms with van der Waals surface area (Å²) in [6.07, 6.45) is -0.350. The van der Waals surface area contributed by atoms with Crippen molar-refractivity contribution in [2.24, 2.45) is 4.99 Å². The number of benzene rings is 6. The third-order valence-corrected chi connectivity index (χ3v) is 8.40. The number of aliphatic imine (C=N–C) groups is 1. The van der Waals surface area contributed by atoms with Crippen molar-refractivity contribution in [3.8, 4) is 45.3 Å². The summed E-state index contributed by atoms with van der Waals surface area (Å²) in [6, 6.07) is 57.8. The van der Waals surface area contributed by atoms with Gasteiger partial charge in [-0.2, -0.15) is 0 Å². The fourth-order valence-corrected chi connectivity index (χ4v) is 5.95. The topological polar surface area (TPSA) is 75.1 Å². The van der Waals surface area contributed by atoms with Gasteiger partial charge in [0, 0.05) is 22.3 Å². The van der Waals surface area contributed by atoms with Crippen LogP contribution >= 0.6 is 0 Å². The Bertz CT molecular complexity index is 2130. The van der Waals surface area contributed by atoms with Gasteiger partial charge in [0.2, 0.25) is 0 Å². The lowest BCUT2D eigenvalue weighted by Gasteiger charge is -2.32. The zero-order valence-electron chi connectivity index (χ0n) is 26.1. The van der Waals surface area contributed by atoms with Gasteiger partial charge in [0.15, 0.2) is 17.5 Å². The van der Waals surface area contributed by atoms with Crippen molar-refractivity contribution in [1.29, 1.82) is 0 Å². The molecule has 0 saturated carbocycles. The van der Waals surface area contributed by atoms with Crippen molar-refractivity contribution in [2.75, 3.05) is 0 Å². The van der Waals surface area contributed by atoms with Crippen LogP contribution in [0.4, 0.5) is 0 Å². The molecule has 48 heavy (non-hydrogen) atoms. The van der Waals surface area contributed by atoms with Crippen LogP contribution in [0, 0.1) is 0 Å². The average molecular weight is 621 g/mol. The predicted octanol–water partition coefficient (Wildman–Crippen LogP) is 8.88. The van der Waals surface area contributed by atoms with Gasteiger partial charge < -0.3 is 5.32 Å². The Labute approximate surface area is 280 Å². The predicted molar refractivity (Wildman–Crippen MR) is 193 cm³/mol. The Hall–Kier alpha value is -6.24. The molecule has 1 aliphatic heterocycles. The molecule has 1 aliphatic rings. The van der Waals surface area contributed by atoms with E-state index >= 15 is 0 Å². The van der Waals surface area contributed by atoms with Crippen LogP contribution in [-0.4, -0.2) is 20.8 Å². The Morgan fingerprint density at radius 1 is 0.375 bits per heavy atom. The maximum Gasteiger partial charge on any atom is 0.164 e. The third kappa shape index (κ3) is 6.25. The molecule has 230 valence electrons. The minimum atomic E-state index is -0.193. The first kappa shape index (κ1) is 29.2. The summed E-state index contributed by atoms with van der Waals surface area (Å²) < 4.78 is 0. The molecule has 6 heteroatoms. The van der Waals surface area contributed by atoms with E-state index in [0.717, 1.165) is 50.3 Å². The molecule has 0 radical (unpaired) electrons. The fraction of sp³-hybridized carbons (Fsp3) is 0.0476. The van der Waals surface area contributed by atoms with Crippen molar-refractivity contribution < 1.29 is 0 Å². The third-order valence-electron chi connectivity index (χ3n) is 8.40. The van der Waals surface area contributed by atoms with Crippen molar-refractivity contribution in [3.05, 3.63) is 187 Å². The summed E-state index contributed by atoms with van der Waals surface area (Å²) in [6.45, 7) is 0. The molecule has 0 amide bonds. The second-order valence-corrected chi connectivity index (χ2v) is 11.6. The van der Waals surface area contributed by atoms with Crippen LogP contribution in [-0.2, 0) is 0 Å². The normalized spacial score (nSPS) is 15.7. The lowest BCUT2D eigenvalue weighted by Crippen LogP contribution is -2.44. The van der Waals surface area contributed by atoms with E-state index in [9.17, 15) is 0 Å². The monoisotopic (exact) mass is 620 g/mol. The van der Waals surface area contributed by atoms with E-state index in [1.54, 1.807) is 0 Å². The molecule has 0 spiro atoms. The SMILES string of the molecule is c1ccc(C2=NC(c3ccccc3)NC(c3cccc(-c4cccc(-c5nc(-c6ccccc6)nc(-c6ccccc6)n5)c4)c3)N2)cc1. The standard InChI is InChI=1S/C42H32N6/c1-5-15-29(16-6-1)37-43-38(30-17-7-2-8-18-30)46-41(45-37)35-25-13-23-33(27-35)34-24-14-26-36(28-34)42-47-39(31-19-9-3-10-20-31)44-40(48-42)32-21-11-4-12-22-32/h1-28,37,41,45H,(H,43,46). The molecule has 6 nitrogen and oxygen atoms in total. The summed E-state index contributed by atoms with van der Waals surface area (Å²) >= 11 is 0. The van der Waals surface area contributed by atoms with Gasteiger partial charge in [0.05, 0.1) is 0 Å². The minimum Gasteiger partial charge on any atom is -0.350 e. The van der Waals surface area contributed by atoms with Crippen LogP contribution < -0.4 is 10.6 Å². The summed E-state index contributed by atoms with van der Waals surface area (Å²) in [7, 11) is 0. The molecule has 6 aromatic carbocycles. The molecule has 0 saturated heterocycles. The summed E-state index contributed by atoms with van der Waals surface area (Å²) in [4.78, 5) is 19.8. The molecular formula is C42H32N6. The zero-order chi connectivity index (χ0) is 32.1. The maximum atomic E-state index is 5.06. The van der Waals surface area contributed by atoms with E-state index in [4.69, 9.17) is 19.9 Å². The number of nitrogens with one attached hydrogen (secondary N) is 2. The van der Waals surface area contributed by atoms with Crippen LogP contribution in [0.5, 0.6) is 0 Å². The zero-order valence-corrected chi connectivity index (χ0v) is 26.1. The van der Waals surface area contributed by atoms with Crippen molar-refractivity contribution in [2.45, 2.75) is 12.3 Å². The molecule has 2 unspecified atom stereocenters. The van der Waals surface area contributed by atoms with Crippen molar-refractivity contribution >= 4 is 5.84 Å². The van der Waals surface area contributed by atoms with Crippen LogP contribution in [0.2, 0.25) is 0 Å². The molecule has 2 atom stereocenters. The quantitative estimate of drug-likeness (QED) is 0.186. The molecule has 0 fully saturated rings. The minimum absolute atomic E-state index is 0.156. The highest BCUT2D eigenvalue weighted by Crippen LogP contribution is 2.31. The summed E-state index contributed by atoms with van der Waals surface area (Å²) in [5.74, 6) is 2.78. The van der Waals surface area contributed by atoms with Gasteiger partial charge in [-0.1, -0.05) is 158 Å². The summed E-state index contributed by atoms with van der Waals surface area (Å²) in [5.41, 5.74) is 8.26. The second-order valence-electron chi connectivity index (χ2n) is 11.6. The number of rotatable bonds is 7. The molecular weight excluding hydrogens is 589 g/mol. The van der Waals surface area contributed by atoms with E-state index in [1.807, 2.05) is 84.9 Å².